The van der Waals surface area contributed by atoms with Gasteiger partial charge < -0.3 is 5.73 Å². The molecule has 0 atom stereocenters. The van der Waals surface area contributed by atoms with E-state index >= 15 is 0 Å². The second-order valence-corrected chi connectivity index (χ2v) is 6.97. The Kier molecular flexibility index (Phi) is 4.23. The lowest BCUT2D eigenvalue weighted by Gasteiger charge is -2.33. The highest BCUT2D eigenvalue weighted by Gasteiger charge is 2.29. The van der Waals surface area contributed by atoms with Crippen LogP contribution in [0.1, 0.15) is 32.1 Å². The highest BCUT2D eigenvalue weighted by Crippen LogP contribution is 2.25. The van der Waals surface area contributed by atoms with Crippen molar-refractivity contribution in [1.82, 2.24) is 4.72 Å². The third-order valence-corrected chi connectivity index (χ3v) is 4.97. The topological polar surface area (TPSA) is 72.2 Å². The van der Waals surface area contributed by atoms with Gasteiger partial charge in [-0.1, -0.05) is 25.3 Å². The van der Waals surface area contributed by atoms with Gasteiger partial charge in [-0.25, -0.2) is 17.5 Å². The molecule has 6 heteroatoms. The second-order valence-electron chi connectivity index (χ2n) is 5.20. The molecule has 3 N–H and O–H groups in total. The Labute approximate surface area is 113 Å². The first-order chi connectivity index (χ1) is 8.91. The molecule has 0 radical (unpaired) electrons. The van der Waals surface area contributed by atoms with Crippen molar-refractivity contribution in [2.45, 2.75) is 42.5 Å². The van der Waals surface area contributed by atoms with Crippen LogP contribution in [0.2, 0.25) is 0 Å². The van der Waals surface area contributed by atoms with Crippen LogP contribution < -0.4 is 10.5 Å². The van der Waals surface area contributed by atoms with Crippen LogP contribution in [0.3, 0.4) is 0 Å². The van der Waals surface area contributed by atoms with E-state index in [2.05, 4.69) is 4.72 Å². The fraction of sp³-hybridized carbons (Fsp3) is 0.538. The number of sulfonamides is 1. The summed E-state index contributed by atoms with van der Waals surface area (Å²) in [5.41, 5.74) is 5.70. The number of nitrogens with two attached hydrogens (primary N) is 1. The Morgan fingerprint density at radius 1 is 1.26 bits per heavy atom. The first kappa shape index (κ1) is 14.4. The summed E-state index contributed by atoms with van der Waals surface area (Å²) < 4.78 is 39.6. The van der Waals surface area contributed by atoms with Crippen molar-refractivity contribution < 1.29 is 12.8 Å². The van der Waals surface area contributed by atoms with Crippen molar-refractivity contribution in [3.05, 3.63) is 30.1 Å². The zero-order chi connectivity index (χ0) is 13.9. The molecule has 1 aliphatic carbocycles. The molecule has 0 spiro atoms. The molecule has 1 saturated carbocycles. The molecule has 0 aliphatic heterocycles. The SMILES string of the molecule is NC1(CNS(=O)(=O)c2cccc(F)c2)CCCCC1. The molecule has 19 heavy (non-hydrogen) atoms. The van der Waals surface area contributed by atoms with Crippen LogP contribution in [0, 0.1) is 5.82 Å². The van der Waals surface area contributed by atoms with E-state index in [9.17, 15) is 12.8 Å². The summed E-state index contributed by atoms with van der Waals surface area (Å²) in [5, 5.41) is 0. The summed E-state index contributed by atoms with van der Waals surface area (Å²) in [6.07, 6.45) is 4.84. The number of rotatable bonds is 4. The average Bonchev–Trinajstić information content (AvgIpc) is 2.38. The van der Waals surface area contributed by atoms with Gasteiger partial charge >= 0.3 is 0 Å². The Bertz CT molecular complexity index is 539. The van der Waals surface area contributed by atoms with Gasteiger partial charge in [-0.3, -0.25) is 0 Å². The van der Waals surface area contributed by atoms with Crippen LogP contribution in [0.4, 0.5) is 4.39 Å². The van der Waals surface area contributed by atoms with Crippen LogP contribution in [0.25, 0.3) is 0 Å². The van der Waals surface area contributed by atoms with E-state index in [1.54, 1.807) is 0 Å². The molecule has 1 aliphatic rings. The van der Waals surface area contributed by atoms with Gasteiger partial charge in [0.05, 0.1) is 4.90 Å². The van der Waals surface area contributed by atoms with E-state index in [1.807, 2.05) is 0 Å². The molecule has 1 aromatic carbocycles. The molecule has 106 valence electrons. The maximum absolute atomic E-state index is 13.1. The maximum Gasteiger partial charge on any atom is 0.240 e. The first-order valence-corrected chi connectivity index (χ1v) is 7.94. The van der Waals surface area contributed by atoms with E-state index in [-0.39, 0.29) is 11.4 Å². The van der Waals surface area contributed by atoms with Crippen molar-refractivity contribution in [1.29, 1.82) is 0 Å². The number of hydrogen-bond donors (Lipinski definition) is 2. The number of halogens is 1. The van der Waals surface area contributed by atoms with E-state index in [4.69, 9.17) is 5.73 Å². The third-order valence-electron chi connectivity index (χ3n) is 3.57. The van der Waals surface area contributed by atoms with E-state index in [1.165, 1.54) is 18.2 Å². The van der Waals surface area contributed by atoms with Gasteiger partial charge in [-0.05, 0) is 31.0 Å². The summed E-state index contributed by atoms with van der Waals surface area (Å²) in [7, 11) is -3.69. The summed E-state index contributed by atoms with van der Waals surface area (Å²) in [6.45, 7) is 0.200. The zero-order valence-electron chi connectivity index (χ0n) is 10.7. The monoisotopic (exact) mass is 286 g/mol. The Morgan fingerprint density at radius 2 is 1.95 bits per heavy atom. The van der Waals surface area contributed by atoms with Crippen molar-refractivity contribution in [3.63, 3.8) is 0 Å². The predicted molar refractivity (Wildman–Crippen MR) is 71.6 cm³/mol. The molecular weight excluding hydrogens is 267 g/mol. The Balaban J connectivity index is 2.05. The third kappa shape index (κ3) is 3.75. The molecule has 0 aromatic heterocycles. The van der Waals surface area contributed by atoms with Gasteiger partial charge in [-0.15, -0.1) is 0 Å². The van der Waals surface area contributed by atoms with Gasteiger partial charge in [0.25, 0.3) is 0 Å². The van der Waals surface area contributed by atoms with Crippen molar-refractivity contribution >= 4 is 10.0 Å². The highest BCUT2D eigenvalue weighted by molar-refractivity contribution is 7.89. The predicted octanol–water partition coefficient (Wildman–Crippen LogP) is 1.77. The molecule has 1 aromatic rings. The Morgan fingerprint density at radius 3 is 2.58 bits per heavy atom. The van der Waals surface area contributed by atoms with Crippen LogP contribution in [-0.4, -0.2) is 20.5 Å². The first-order valence-electron chi connectivity index (χ1n) is 6.45. The fourth-order valence-electron chi connectivity index (χ4n) is 2.39. The molecule has 2 rings (SSSR count). The standard InChI is InChI=1S/C13H19FN2O2S/c14-11-5-4-6-12(9-11)19(17,18)16-10-13(15)7-2-1-3-8-13/h4-6,9,16H,1-3,7-8,10,15H2. The fourth-order valence-corrected chi connectivity index (χ4v) is 3.56. The van der Waals surface area contributed by atoms with E-state index in [0.29, 0.717) is 0 Å². The molecule has 1 fully saturated rings. The molecular formula is C13H19FN2O2S. The van der Waals surface area contributed by atoms with Gasteiger partial charge in [0.1, 0.15) is 5.82 Å². The highest BCUT2D eigenvalue weighted by atomic mass is 32.2. The smallest absolute Gasteiger partial charge is 0.240 e. The van der Waals surface area contributed by atoms with Crippen LogP contribution >= 0.6 is 0 Å². The van der Waals surface area contributed by atoms with E-state index < -0.39 is 21.4 Å². The number of nitrogens with one attached hydrogen (secondary N) is 1. The lowest BCUT2D eigenvalue weighted by Crippen LogP contribution is -2.51. The summed E-state index contributed by atoms with van der Waals surface area (Å²) >= 11 is 0. The number of benzene rings is 1. The van der Waals surface area contributed by atoms with Crippen LogP contribution in [0.5, 0.6) is 0 Å². The van der Waals surface area contributed by atoms with Gasteiger partial charge in [0.15, 0.2) is 0 Å². The largest absolute Gasteiger partial charge is 0.324 e. The average molecular weight is 286 g/mol. The molecule has 0 unspecified atom stereocenters. The number of hydrogen-bond acceptors (Lipinski definition) is 3. The van der Waals surface area contributed by atoms with Crippen LogP contribution in [-0.2, 0) is 10.0 Å². The van der Waals surface area contributed by atoms with Crippen molar-refractivity contribution in [2.75, 3.05) is 6.54 Å². The summed E-state index contributed by atoms with van der Waals surface area (Å²) in [4.78, 5) is -0.0630. The van der Waals surface area contributed by atoms with E-state index in [0.717, 1.165) is 38.2 Å². The van der Waals surface area contributed by atoms with Crippen molar-refractivity contribution in [2.24, 2.45) is 5.73 Å². The minimum atomic E-state index is -3.69. The van der Waals surface area contributed by atoms with Gasteiger partial charge in [0.2, 0.25) is 10.0 Å². The van der Waals surface area contributed by atoms with Gasteiger partial charge in [-0.2, -0.15) is 0 Å². The molecule has 0 amide bonds. The van der Waals surface area contributed by atoms with Crippen LogP contribution in [0.15, 0.2) is 29.2 Å². The maximum atomic E-state index is 13.1. The Hall–Kier alpha value is -0.980. The quantitative estimate of drug-likeness (QED) is 0.886. The van der Waals surface area contributed by atoms with Gasteiger partial charge in [0, 0.05) is 12.1 Å². The normalized spacial score (nSPS) is 19.3. The minimum absolute atomic E-state index is 0.0630. The second kappa shape index (κ2) is 5.56. The zero-order valence-corrected chi connectivity index (χ0v) is 11.5. The molecule has 4 nitrogen and oxygen atoms in total. The summed E-state index contributed by atoms with van der Waals surface area (Å²) in [6, 6.07) is 4.97. The molecule has 0 heterocycles. The molecule has 0 bridgehead atoms. The van der Waals surface area contributed by atoms with Crippen molar-refractivity contribution in [3.8, 4) is 0 Å². The molecule has 0 saturated heterocycles. The lowest BCUT2D eigenvalue weighted by atomic mass is 9.83. The lowest BCUT2D eigenvalue weighted by molar-refractivity contribution is 0.296. The minimum Gasteiger partial charge on any atom is -0.324 e. The summed E-state index contributed by atoms with van der Waals surface area (Å²) in [5.74, 6) is -0.567.